The van der Waals surface area contributed by atoms with E-state index in [1.165, 1.54) is 0 Å². The van der Waals surface area contributed by atoms with Crippen molar-refractivity contribution in [2.75, 3.05) is 0 Å². The van der Waals surface area contributed by atoms with Crippen molar-refractivity contribution in [1.82, 2.24) is 0 Å². The Balaban J connectivity index is 2.08. The minimum absolute atomic E-state index is 0.0217. The molecule has 0 spiro atoms. The highest BCUT2D eigenvalue weighted by Gasteiger charge is 2.38. The summed E-state index contributed by atoms with van der Waals surface area (Å²) in [4.78, 5) is 26.0. The average molecular weight is 322 g/mol. The molecule has 0 saturated heterocycles. The lowest BCUT2D eigenvalue weighted by Crippen LogP contribution is -2.24. The van der Waals surface area contributed by atoms with E-state index < -0.39 is 0 Å². The largest absolute Gasteiger partial charge is 0.507 e. The summed E-state index contributed by atoms with van der Waals surface area (Å²) in [7, 11) is 0. The first-order valence-electron chi connectivity index (χ1n) is 8.37. The Kier molecular flexibility index (Phi) is 3.23. The molecule has 24 heavy (non-hydrogen) atoms. The normalized spacial score (nSPS) is 15.7. The molecule has 0 bridgehead atoms. The molecule has 0 unspecified atom stereocenters. The molecule has 2 N–H and O–H groups in total. The van der Waals surface area contributed by atoms with E-state index in [9.17, 15) is 19.8 Å². The summed E-state index contributed by atoms with van der Waals surface area (Å²) in [6, 6.07) is 5.20. The molecule has 0 aromatic heterocycles. The van der Waals surface area contributed by atoms with Crippen molar-refractivity contribution in [3.05, 3.63) is 57.1 Å². The van der Waals surface area contributed by atoms with E-state index in [0.717, 1.165) is 18.4 Å². The Morgan fingerprint density at radius 1 is 0.875 bits per heavy atom. The lowest BCUT2D eigenvalue weighted by molar-refractivity contribution is 0.0973. The van der Waals surface area contributed by atoms with E-state index in [1.54, 1.807) is 12.1 Å². The molecule has 0 aliphatic heterocycles. The Bertz CT molecular complexity index is 909. The summed E-state index contributed by atoms with van der Waals surface area (Å²) in [5.74, 6) is -0.981. The van der Waals surface area contributed by atoms with Crippen LogP contribution in [0.3, 0.4) is 0 Å². The highest BCUT2D eigenvalue weighted by atomic mass is 16.3. The van der Waals surface area contributed by atoms with Crippen LogP contribution in [0.2, 0.25) is 0 Å². The fraction of sp³-hybridized carbons (Fsp3) is 0.300. The van der Waals surface area contributed by atoms with Crippen LogP contribution in [-0.2, 0) is 19.3 Å². The summed E-state index contributed by atoms with van der Waals surface area (Å²) in [5, 5.41) is 21.4. The van der Waals surface area contributed by atoms with Crippen LogP contribution in [0.5, 0.6) is 11.5 Å². The van der Waals surface area contributed by atoms with Gasteiger partial charge in [0.2, 0.25) is 0 Å². The van der Waals surface area contributed by atoms with Gasteiger partial charge >= 0.3 is 0 Å². The van der Waals surface area contributed by atoms with Gasteiger partial charge in [-0.05, 0) is 37.7 Å². The molecule has 2 aromatic rings. The molecule has 0 fully saturated rings. The molecule has 4 heteroatoms. The molecule has 2 aromatic carbocycles. The lowest BCUT2D eigenvalue weighted by Gasteiger charge is -2.26. The number of hydrogen-bond acceptors (Lipinski definition) is 4. The van der Waals surface area contributed by atoms with Crippen LogP contribution in [0.25, 0.3) is 0 Å². The van der Waals surface area contributed by atoms with Gasteiger partial charge in [-0.15, -0.1) is 0 Å². The Morgan fingerprint density at radius 2 is 1.46 bits per heavy atom. The number of fused-ring (bicyclic) bond motifs is 3. The summed E-state index contributed by atoms with van der Waals surface area (Å²) in [6.07, 6.45) is 3.65. The van der Waals surface area contributed by atoms with E-state index in [0.29, 0.717) is 41.5 Å². The summed E-state index contributed by atoms with van der Waals surface area (Å²) >= 11 is 0. The van der Waals surface area contributed by atoms with Crippen molar-refractivity contribution in [2.45, 2.75) is 39.0 Å². The lowest BCUT2D eigenvalue weighted by atomic mass is 9.76. The van der Waals surface area contributed by atoms with Crippen LogP contribution < -0.4 is 0 Å². The third-order valence-corrected chi connectivity index (χ3v) is 5.22. The third kappa shape index (κ3) is 1.80. The summed E-state index contributed by atoms with van der Waals surface area (Å²) in [6.45, 7) is 1.92. The maximum atomic E-state index is 13.1. The van der Waals surface area contributed by atoms with E-state index >= 15 is 0 Å². The van der Waals surface area contributed by atoms with E-state index in [4.69, 9.17) is 0 Å². The van der Waals surface area contributed by atoms with Gasteiger partial charge in [-0.25, -0.2) is 0 Å². The predicted octanol–water partition coefficient (Wildman–Crippen LogP) is 3.31. The van der Waals surface area contributed by atoms with Crippen molar-refractivity contribution in [3.8, 4) is 11.5 Å². The number of rotatable bonds is 1. The third-order valence-electron chi connectivity index (χ3n) is 5.22. The van der Waals surface area contributed by atoms with Crippen LogP contribution >= 0.6 is 0 Å². The topological polar surface area (TPSA) is 74.6 Å². The van der Waals surface area contributed by atoms with Crippen molar-refractivity contribution < 1.29 is 19.8 Å². The van der Waals surface area contributed by atoms with Crippen molar-refractivity contribution in [1.29, 1.82) is 0 Å². The van der Waals surface area contributed by atoms with Crippen LogP contribution in [0.4, 0.5) is 0 Å². The second kappa shape index (κ2) is 5.20. The first-order valence-corrected chi connectivity index (χ1v) is 8.37. The minimum atomic E-state index is -0.379. The molecule has 0 saturated carbocycles. The average Bonchev–Trinajstić information content (AvgIpc) is 2.62. The van der Waals surface area contributed by atoms with Gasteiger partial charge in [-0.1, -0.05) is 25.1 Å². The maximum Gasteiger partial charge on any atom is 0.198 e. The Hall–Kier alpha value is -2.62. The SMILES string of the molecule is CCc1cccc2c1C(=O)c1c(O)c3c(c(O)c1C2=O)CCCC3. The molecule has 2 aliphatic carbocycles. The van der Waals surface area contributed by atoms with Crippen LogP contribution in [-0.4, -0.2) is 21.8 Å². The smallest absolute Gasteiger partial charge is 0.198 e. The van der Waals surface area contributed by atoms with E-state index in [-0.39, 0.29) is 34.2 Å². The molecule has 122 valence electrons. The van der Waals surface area contributed by atoms with Crippen molar-refractivity contribution in [3.63, 3.8) is 0 Å². The van der Waals surface area contributed by atoms with Gasteiger partial charge in [-0.2, -0.15) is 0 Å². The zero-order valence-corrected chi connectivity index (χ0v) is 13.5. The number of phenols is 2. The summed E-state index contributed by atoms with van der Waals surface area (Å²) < 4.78 is 0. The first kappa shape index (κ1) is 14.9. The van der Waals surface area contributed by atoms with Gasteiger partial charge in [0.15, 0.2) is 11.6 Å². The number of ketones is 2. The molecule has 4 nitrogen and oxygen atoms in total. The fourth-order valence-electron chi connectivity index (χ4n) is 4.02. The van der Waals surface area contributed by atoms with Gasteiger partial charge in [-0.3, -0.25) is 9.59 Å². The molecule has 0 atom stereocenters. The monoisotopic (exact) mass is 322 g/mol. The van der Waals surface area contributed by atoms with Crippen LogP contribution in [0.15, 0.2) is 18.2 Å². The zero-order valence-electron chi connectivity index (χ0n) is 13.5. The maximum absolute atomic E-state index is 13.1. The molecule has 0 heterocycles. The van der Waals surface area contributed by atoms with E-state index in [2.05, 4.69) is 0 Å². The number of aromatic hydroxyl groups is 2. The van der Waals surface area contributed by atoms with Crippen molar-refractivity contribution in [2.24, 2.45) is 0 Å². The molecule has 2 aliphatic rings. The quantitative estimate of drug-likeness (QED) is 0.674. The Morgan fingerprint density at radius 3 is 2.04 bits per heavy atom. The Labute approximate surface area is 139 Å². The fourth-order valence-corrected chi connectivity index (χ4v) is 4.02. The highest BCUT2D eigenvalue weighted by Crippen LogP contribution is 2.45. The van der Waals surface area contributed by atoms with Crippen LogP contribution in [0.1, 0.15) is 68.3 Å². The zero-order chi connectivity index (χ0) is 17.0. The summed E-state index contributed by atoms with van der Waals surface area (Å²) in [5.41, 5.74) is 2.66. The number of carbonyl (C=O) groups is 2. The van der Waals surface area contributed by atoms with Crippen molar-refractivity contribution >= 4 is 11.6 Å². The number of carbonyl (C=O) groups excluding carboxylic acids is 2. The first-order chi connectivity index (χ1) is 11.6. The van der Waals surface area contributed by atoms with E-state index in [1.807, 2.05) is 13.0 Å². The second-order valence-electron chi connectivity index (χ2n) is 6.46. The standard InChI is InChI=1S/C20H18O4/c1-2-10-6-5-9-13-14(10)20(24)16-15(19(13)23)17(21)11-7-3-4-8-12(11)18(16)22/h5-6,9,21-22H,2-4,7-8H2,1H3. The molecule has 4 rings (SSSR count). The van der Waals surface area contributed by atoms with Gasteiger partial charge < -0.3 is 10.2 Å². The van der Waals surface area contributed by atoms with Gasteiger partial charge in [0.1, 0.15) is 11.5 Å². The molecular formula is C20H18O4. The molecule has 0 radical (unpaired) electrons. The van der Waals surface area contributed by atoms with Gasteiger partial charge in [0.05, 0.1) is 11.1 Å². The van der Waals surface area contributed by atoms with Crippen LogP contribution in [0, 0.1) is 0 Å². The van der Waals surface area contributed by atoms with Gasteiger partial charge in [0.25, 0.3) is 0 Å². The number of phenolic OH excluding ortho intramolecular Hbond substituents is 2. The number of benzene rings is 2. The highest BCUT2D eigenvalue weighted by molar-refractivity contribution is 6.31. The number of hydrogen-bond donors (Lipinski definition) is 2. The molecular weight excluding hydrogens is 304 g/mol. The second-order valence-corrected chi connectivity index (χ2v) is 6.46. The number of aryl methyl sites for hydroxylation is 1. The minimum Gasteiger partial charge on any atom is -0.507 e. The molecule has 0 amide bonds. The predicted molar refractivity (Wildman–Crippen MR) is 89.1 cm³/mol. The van der Waals surface area contributed by atoms with Gasteiger partial charge in [0, 0.05) is 22.3 Å².